The molecule has 0 spiro atoms. The molecule has 0 aromatic carbocycles. The van der Waals surface area contributed by atoms with E-state index in [4.69, 9.17) is 11.6 Å². The SMILES string of the molecule is ClCc1cnc(N2CC3CCC2C3)nc1. The molecular weight excluding hydrogens is 210 g/mol. The van der Waals surface area contributed by atoms with E-state index in [2.05, 4.69) is 14.9 Å². The molecule has 2 heterocycles. The summed E-state index contributed by atoms with van der Waals surface area (Å²) in [6.07, 6.45) is 7.70. The number of aromatic nitrogens is 2. The van der Waals surface area contributed by atoms with Crippen LogP contribution in [0.15, 0.2) is 12.4 Å². The summed E-state index contributed by atoms with van der Waals surface area (Å²) < 4.78 is 0. The number of piperidine rings is 1. The Kier molecular flexibility index (Phi) is 2.28. The number of rotatable bonds is 2. The van der Waals surface area contributed by atoms with E-state index >= 15 is 0 Å². The summed E-state index contributed by atoms with van der Waals surface area (Å²) in [6, 6.07) is 0.692. The van der Waals surface area contributed by atoms with Gasteiger partial charge in [0.05, 0.1) is 5.88 Å². The standard InChI is InChI=1S/C11H14ClN3/c12-4-9-5-13-11(14-6-9)15-7-8-1-2-10(15)3-8/h5-6,8,10H,1-4,7H2. The van der Waals surface area contributed by atoms with Gasteiger partial charge < -0.3 is 4.90 Å². The Balaban J connectivity index is 1.81. The lowest BCUT2D eigenvalue weighted by Crippen LogP contribution is -2.33. The molecule has 0 radical (unpaired) electrons. The van der Waals surface area contributed by atoms with E-state index in [-0.39, 0.29) is 0 Å². The molecule has 1 saturated heterocycles. The lowest BCUT2D eigenvalue weighted by atomic mass is 10.1. The fourth-order valence-corrected chi connectivity index (χ4v) is 2.87. The maximum Gasteiger partial charge on any atom is 0.225 e. The minimum Gasteiger partial charge on any atom is -0.338 e. The number of hydrogen-bond acceptors (Lipinski definition) is 3. The van der Waals surface area contributed by atoms with Gasteiger partial charge in [-0.15, -0.1) is 11.6 Å². The third-order valence-corrected chi connectivity index (χ3v) is 3.82. The number of halogens is 1. The molecule has 3 rings (SSSR count). The minimum absolute atomic E-state index is 0.492. The molecule has 2 unspecified atom stereocenters. The van der Waals surface area contributed by atoms with Crippen molar-refractivity contribution in [1.82, 2.24) is 9.97 Å². The van der Waals surface area contributed by atoms with Crippen molar-refractivity contribution in [2.75, 3.05) is 11.4 Å². The zero-order valence-electron chi connectivity index (χ0n) is 8.56. The average Bonchev–Trinajstić information content (AvgIpc) is 2.91. The molecule has 1 aromatic heterocycles. The summed E-state index contributed by atoms with van der Waals surface area (Å²) in [5.41, 5.74) is 0.991. The Morgan fingerprint density at radius 2 is 2.13 bits per heavy atom. The highest BCUT2D eigenvalue weighted by atomic mass is 35.5. The van der Waals surface area contributed by atoms with Gasteiger partial charge in [-0.2, -0.15) is 0 Å². The van der Waals surface area contributed by atoms with Gasteiger partial charge in [0.1, 0.15) is 0 Å². The number of nitrogens with zero attached hydrogens (tertiary/aromatic N) is 3. The predicted octanol–water partition coefficient (Wildman–Crippen LogP) is 2.20. The van der Waals surface area contributed by atoms with Crippen LogP contribution in [0.2, 0.25) is 0 Å². The van der Waals surface area contributed by atoms with Gasteiger partial charge in [0.2, 0.25) is 5.95 Å². The molecule has 1 aliphatic heterocycles. The Morgan fingerprint density at radius 1 is 1.33 bits per heavy atom. The topological polar surface area (TPSA) is 29.0 Å². The van der Waals surface area contributed by atoms with Crippen LogP contribution in [0, 0.1) is 5.92 Å². The maximum absolute atomic E-state index is 5.71. The lowest BCUT2D eigenvalue weighted by molar-refractivity contribution is 0.546. The van der Waals surface area contributed by atoms with Crippen molar-refractivity contribution in [1.29, 1.82) is 0 Å². The molecule has 3 nitrogen and oxygen atoms in total. The van der Waals surface area contributed by atoms with Crippen LogP contribution in [-0.2, 0) is 5.88 Å². The van der Waals surface area contributed by atoms with E-state index < -0.39 is 0 Å². The number of alkyl halides is 1. The summed E-state index contributed by atoms with van der Waals surface area (Å²) in [7, 11) is 0. The Hall–Kier alpha value is -0.830. The van der Waals surface area contributed by atoms with Gasteiger partial charge in [-0.3, -0.25) is 0 Å². The smallest absolute Gasteiger partial charge is 0.225 e. The summed E-state index contributed by atoms with van der Waals surface area (Å²) in [5.74, 6) is 2.26. The molecule has 1 saturated carbocycles. The summed E-state index contributed by atoms with van der Waals surface area (Å²) in [5, 5.41) is 0. The van der Waals surface area contributed by atoms with Gasteiger partial charge in [-0.05, 0) is 25.2 Å². The lowest BCUT2D eigenvalue weighted by Gasteiger charge is -2.26. The molecule has 2 atom stereocenters. The molecule has 0 amide bonds. The molecule has 2 aliphatic rings. The highest BCUT2D eigenvalue weighted by molar-refractivity contribution is 6.17. The van der Waals surface area contributed by atoms with Gasteiger partial charge >= 0.3 is 0 Å². The summed E-state index contributed by atoms with van der Waals surface area (Å²) >= 11 is 5.71. The van der Waals surface area contributed by atoms with Crippen LogP contribution in [0.1, 0.15) is 24.8 Å². The molecule has 15 heavy (non-hydrogen) atoms. The van der Waals surface area contributed by atoms with Crippen LogP contribution in [0.25, 0.3) is 0 Å². The third-order valence-electron chi connectivity index (χ3n) is 3.51. The molecule has 1 aliphatic carbocycles. The first kappa shape index (κ1) is 9.40. The maximum atomic E-state index is 5.71. The van der Waals surface area contributed by atoms with Crippen molar-refractivity contribution in [3.63, 3.8) is 0 Å². The third kappa shape index (κ3) is 1.59. The second-order valence-electron chi connectivity index (χ2n) is 4.51. The molecule has 2 bridgehead atoms. The van der Waals surface area contributed by atoms with Crippen LogP contribution < -0.4 is 4.90 Å². The van der Waals surface area contributed by atoms with Crippen molar-refractivity contribution >= 4 is 17.5 Å². The van der Waals surface area contributed by atoms with Crippen LogP contribution in [-0.4, -0.2) is 22.6 Å². The molecular formula is C11H14ClN3. The van der Waals surface area contributed by atoms with Gasteiger partial charge in [0.15, 0.2) is 0 Å². The van der Waals surface area contributed by atoms with Crippen molar-refractivity contribution in [3.8, 4) is 0 Å². The van der Waals surface area contributed by atoms with E-state index in [0.29, 0.717) is 11.9 Å². The predicted molar refractivity (Wildman–Crippen MR) is 60.1 cm³/mol. The van der Waals surface area contributed by atoms with Gasteiger partial charge in [0.25, 0.3) is 0 Å². The van der Waals surface area contributed by atoms with Crippen LogP contribution in [0.5, 0.6) is 0 Å². The fourth-order valence-electron chi connectivity index (χ4n) is 2.73. The average molecular weight is 224 g/mol. The zero-order chi connectivity index (χ0) is 10.3. The first-order valence-electron chi connectivity index (χ1n) is 5.50. The highest BCUT2D eigenvalue weighted by Crippen LogP contribution is 2.38. The second kappa shape index (κ2) is 3.63. The fraction of sp³-hybridized carbons (Fsp3) is 0.636. The molecule has 4 heteroatoms. The van der Waals surface area contributed by atoms with Gasteiger partial charge in [-0.1, -0.05) is 0 Å². The minimum atomic E-state index is 0.492. The first-order valence-corrected chi connectivity index (χ1v) is 6.04. The van der Waals surface area contributed by atoms with E-state index in [9.17, 15) is 0 Å². The number of hydrogen-bond donors (Lipinski definition) is 0. The van der Waals surface area contributed by atoms with Crippen LogP contribution in [0.3, 0.4) is 0 Å². The largest absolute Gasteiger partial charge is 0.338 e. The van der Waals surface area contributed by atoms with Gasteiger partial charge in [-0.25, -0.2) is 9.97 Å². The highest BCUT2D eigenvalue weighted by Gasteiger charge is 2.38. The second-order valence-corrected chi connectivity index (χ2v) is 4.78. The molecule has 2 fully saturated rings. The normalized spacial score (nSPS) is 28.7. The van der Waals surface area contributed by atoms with E-state index in [1.165, 1.54) is 19.3 Å². The van der Waals surface area contributed by atoms with E-state index in [1.807, 2.05) is 12.4 Å². The first-order chi connectivity index (χ1) is 7.36. The number of fused-ring (bicyclic) bond motifs is 2. The van der Waals surface area contributed by atoms with E-state index in [1.54, 1.807) is 0 Å². The quantitative estimate of drug-likeness (QED) is 0.720. The Morgan fingerprint density at radius 3 is 2.67 bits per heavy atom. The van der Waals surface area contributed by atoms with Crippen molar-refractivity contribution in [2.24, 2.45) is 5.92 Å². The van der Waals surface area contributed by atoms with Crippen molar-refractivity contribution in [2.45, 2.75) is 31.2 Å². The van der Waals surface area contributed by atoms with Crippen molar-refractivity contribution < 1.29 is 0 Å². The van der Waals surface area contributed by atoms with E-state index in [0.717, 1.165) is 24.0 Å². The summed E-state index contributed by atoms with van der Waals surface area (Å²) in [6.45, 7) is 1.14. The van der Waals surface area contributed by atoms with Crippen molar-refractivity contribution in [3.05, 3.63) is 18.0 Å². The molecule has 0 N–H and O–H groups in total. The van der Waals surface area contributed by atoms with Crippen LogP contribution in [0.4, 0.5) is 5.95 Å². The zero-order valence-corrected chi connectivity index (χ0v) is 9.32. The number of anilines is 1. The van der Waals surface area contributed by atoms with Gasteiger partial charge in [0, 0.05) is 30.5 Å². The Labute approximate surface area is 94.5 Å². The molecule has 80 valence electrons. The van der Waals surface area contributed by atoms with Crippen LogP contribution >= 0.6 is 11.6 Å². The monoisotopic (exact) mass is 223 g/mol. The summed E-state index contributed by atoms with van der Waals surface area (Å²) in [4.78, 5) is 11.1. The molecule has 1 aromatic rings. The Bertz CT molecular complexity index is 351.